The summed E-state index contributed by atoms with van der Waals surface area (Å²) in [5.41, 5.74) is -0.346. The van der Waals surface area contributed by atoms with Gasteiger partial charge in [0.25, 0.3) is 5.56 Å². The fourth-order valence-electron chi connectivity index (χ4n) is 4.35. The van der Waals surface area contributed by atoms with E-state index in [-0.39, 0.29) is 55.5 Å². The number of nitrogens with zero attached hydrogens (tertiary/aromatic N) is 4. The van der Waals surface area contributed by atoms with Crippen LogP contribution >= 0.6 is 23.2 Å². The summed E-state index contributed by atoms with van der Waals surface area (Å²) >= 11 is 12.1. The first-order valence-corrected chi connectivity index (χ1v) is 13.4. The van der Waals surface area contributed by atoms with Crippen molar-refractivity contribution in [2.45, 2.75) is 59.7 Å². The molecule has 39 heavy (non-hydrogen) atoms. The molecule has 1 atom stereocenters. The lowest BCUT2D eigenvalue weighted by atomic mass is 9.78. The SMILES string of the molecule is CC(OC(=O)C1(Cn2ncc3nc(NCc4ccc(Cl)c(Cl)c4)[nH]c(=O)c32)CCN(C(=O)O)CC1)C(C)(C)C. The number of amides is 1. The molecule has 0 radical (unpaired) electrons. The Bertz CT molecular complexity index is 1440. The van der Waals surface area contributed by atoms with Crippen molar-refractivity contribution in [2.75, 3.05) is 18.4 Å². The van der Waals surface area contributed by atoms with Crippen LogP contribution in [-0.2, 0) is 22.6 Å². The van der Waals surface area contributed by atoms with E-state index in [1.807, 2.05) is 33.8 Å². The van der Waals surface area contributed by atoms with Crippen molar-refractivity contribution in [1.82, 2.24) is 24.6 Å². The summed E-state index contributed by atoms with van der Waals surface area (Å²) < 4.78 is 7.34. The number of aromatic amines is 1. The van der Waals surface area contributed by atoms with Crippen LogP contribution in [-0.4, -0.2) is 61.0 Å². The van der Waals surface area contributed by atoms with E-state index in [1.54, 1.807) is 12.1 Å². The molecule has 11 nitrogen and oxygen atoms in total. The predicted molar refractivity (Wildman–Crippen MR) is 148 cm³/mol. The van der Waals surface area contributed by atoms with E-state index in [2.05, 4.69) is 20.4 Å². The van der Waals surface area contributed by atoms with Gasteiger partial charge in [0.2, 0.25) is 5.95 Å². The van der Waals surface area contributed by atoms with Crippen molar-refractivity contribution in [3.63, 3.8) is 0 Å². The Morgan fingerprint density at radius 3 is 2.54 bits per heavy atom. The zero-order valence-electron chi connectivity index (χ0n) is 22.3. The number of carbonyl (C=O) groups excluding carboxylic acids is 1. The lowest BCUT2D eigenvalue weighted by Gasteiger charge is -2.40. The molecule has 1 unspecified atom stereocenters. The minimum atomic E-state index is -1.05. The normalized spacial score (nSPS) is 16.2. The van der Waals surface area contributed by atoms with Crippen LogP contribution in [0.15, 0.2) is 29.2 Å². The number of carbonyl (C=O) groups is 2. The molecule has 4 rings (SSSR count). The number of hydrogen-bond donors (Lipinski definition) is 3. The third-order valence-corrected chi connectivity index (χ3v) is 8.06. The summed E-state index contributed by atoms with van der Waals surface area (Å²) in [6, 6.07) is 5.22. The van der Waals surface area contributed by atoms with Crippen molar-refractivity contribution < 1.29 is 19.4 Å². The molecule has 1 aromatic carbocycles. The maximum atomic E-state index is 13.6. The second kappa shape index (κ2) is 11.1. The van der Waals surface area contributed by atoms with E-state index < -0.39 is 23.0 Å². The summed E-state index contributed by atoms with van der Waals surface area (Å²) in [5, 5.41) is 17.7. The number of hydrogen-bond acceptors (Lipinski definition) is 7. The number of aromatic nitrogens is 4. The zero-order valence-corrected chi connectivity index (χ0v) is 23.8. The number of esters is 1. The monoisotopic (exact) mass is 578 g/mol. The van der Waals surface area contributed by atoms with Crippen LogP contribution in [0.3, 0.4) is 0 Å². The highest BCUT2D eigenvalue weighted by Crippen LogP contribution is 2.37. The molecular weight excluding hydrogens is 547 g/mol. The number of piperidine rings is 1. The number of anilines is 1. The molecule has 1 aliphatic rings. The Morgan fingerprint density at radius 2 is 1.92 bits per heavy atom. The van der Waals surface area contributed by atoms with E-state index in [0.717, 1.165) is 5.56 Å². The van der Waals surface area contributed by atoms with Gasteiger partial charge >= 0.3 is 12.1 Å². The van der Waals surface area contributed by atoms with Gasteiger partial charge in [0.15, 0.2) is 5.52 Å². The van der Waals surface area contributed by atoms with E-state index in [0.29, 0.717) is 22.1 Å². The fourth-order valence-corrected chi connectivity index (χ4v) is 4.67. The van der Waals surface area contributed by atoms with Gasteiger partial charge in [-0.3, -0.25) is 19.3 Å². The highest BCUT2D eigenvalue weighted by molar-refractivity contribution is 6.42. The van der Waals surface area contributed by atoms with Crippen LogP contribution in [0, 0.1) is 10.8 Å². The van der Waals surface area contributed by atoms with E-state index in [4.69, 9.17) is 27.9 Å². The van der Waals surface area contributed by atoms with Crippen molar-refractivity contribution in [2.24, 2.45) is 10.8 Å². The molecule has 13 heteroatoms. The molecule has 0 aliphatic carbocycles. The Balaban J connectivity index is 1.59. The number of benzene rings is 1. The number of likely N-dealkylation sites (tertiary alicyclic amines) is 1. The fraction of sp³-hybridized carbons (Fsp3) is 0.500. The number of H-pyrrole nitrogens is 1. The molecule has 0 saturated carbocycles. The molecule has 210 valence electrons. The molecule has 3 heterocycles. The molecule has 1 aliphatic heterocycles. The first-order valence-electron chi connectivity index (χ1n) is 12.6. The molecule has 0 bridgehead atoms. The van der Waals surface area contributed by atoms with Gasteiger partial charge in [0.05, 0.1) is 28.2 Å². The van der Waals surface area contributed by atoms with Crippen LogP contribution in [0.1, 0.15) is 46.1 Å². The molecule has 3 N–H and O–H groups in total. The third-order valence-electron chi connectivity index (χ3n) is 7.32. The van der Waals surface area contributed by atoms with Crippen LogP contribution in [0.25, 0.3) is 11.0 Å². The highest BCUT2D eigenvalue weighted by Gasteiger charge is 2.46. The molecular formula is C26H32Cl2N6O5. The molecule has 0 spiro atoms. The standard InChI is InChI=1S/C26H32Cl2N6O5/c1-15(25(2,3)4)39-22(36)26(7-9-33(10-8-26)24(37)38)14-34-20-19(13-30-34)31-23(32-21(20)35)29-12-16-5-6-17(27)18(28)11-16/h5-6,11,13,15H,7-10,12,14H2,1-4H3,(H,37,38)(H2,29,31,32,35). The molecule has 1 fully saturated rings. The topological polar surface area (TPSA) is 142 Å². The number of nitrogens with one attached hydrogen (secondary N) is 2. The average Bonchev–Trinajstić information content (AvgIpc) is 3.27. The zero-order chi connectivity index (χ0) is 28.5. The maximum absolute atomic E-state index is 13.6. The van der Waals surface area contributed by atoms with Gasteiger partial charge in [-0.2, -0.15) is 5.10 Å². The Labute approximate surface area is 235 Å². The van der Waals surface area contributed by atoms with Gasteiger partial charge in [0, 0.05) is 19.6 Å². The summed E-state index contributed by atoms with van der Waals surface area (Å²) in [6.07, 6.45) is 0.544. The lowest BCUT2D eigenvalue weighted by Crippen LogP contribution is -2.50. The first-order chi connectivity index (χ1) is 18.3. The minimum absolute atomic E-state index is 0.0560. The van der Waals surface area contributed by atoms with Crippen molar-refractivity contribution >= 4 is 52.2 Å². The second-order valence-electron chi connectivity index (χ2n) is 11.0. The Hall–Kier alpha value is -3.31. The summed E-state index contributed by atoms with van der Waals surface area (Å²) in [5.74, 6) is -0.177. The van der Waals surface area contributed by atoms with Crippen molar-refractivity contribution in [1.29, 1.82) is 0 Å². The highest BCUT2D eigenvalue weighted by atomic mass is 35.5. The van der Waals surface area contributed by atoms with Crippen LogP contribution < -0.4 is 10.9 Å². The van der Waals surface area contributed by atoms with Gasteiger partial charge in [-0.25, -0.2) is 9.78 Å². The Kier molecular flexibility index (Phi) is 8.13. The van der Waals surface area contributed by atoms with E-state index in [1.165, 1.54) is 15.8 Å². The molecule has 1 amide bonds. The van der Waals surface area contributed by atoms with Gasteiger partial charge in [0.1, 0.15) is 11.6 Å². The third kappa shape index (κ3) is 6.30. The lowest BCUT2D eigenvalue weighted by molar-refractivity contribution is -0.170. The maximum Gasteiger partial charge on any atom is 0.407 e. The Morgan fingerprint density at radius 1 is 1.23 bits per heavy atom. The van der Waals surface area contributed by atoms with Gasteiger partial charge in [-0.1, -0.05) is 50.0 Å². The largest absolute Gasteiger partial charge is 0.465 e. The van der Waals surface area contributed by atoms with Crippen molar-refractivity contribution in [3.05, 3.63) is 50.4 Å². The van der Waals surface area contributed by atoms with Crippen LogP contribution in [0.2, 0.25) is 10.0 Å². The molecule has 3 aromatic rings. The van der Waals surface area contributed by atoms with Crippen LogP contribution in [0.5, 0.6) is 0 Å². The summed E-state index contributed by atoms with van der Waals surface area (Å²) in [6.45, 7) is 8.51. The second-order valence-corrected chi connectivity index (χ2v) is 11.8. The first kappa shape index (κ1) is 28.7. The van der Waals surface area contributed by atoms with E-state index >= 15 is 0 Å². The smallest absolute Gasteiger partial charge is 0.407 e. The van der Waals surface area contributed by atoms with E-state index in [9.17, 15) is 19.5 Å². The van der Waals surface area contributed by atoms with Crippen molar-refractivity contribution in [3.8, 4) is 0 Å². The predicted octanol–water partition coefficient (Wildman–Crippen LogP) is 4.78. The number of ether oxygens (including phenoxy) is 1. The summed E-state index contributed by atoms with van der Waals surface area (Å²) in [4.78, 5) is 46.7. The number of rotatable bonds is 7. The van der Waals surface area contributed by atoms with Gasteiger partial charge < -0.3 is 20.1 Å². The van der Waals surface area contributed by atoms with Crippen LogP contribution in [0.4, 0.5) is 10.7 Å². The van der Waals surface area contributed by atoms with Gasteiger partial charge in [-0.15, -0.1) is 0 Å². The summed E-state index contributed by atoms with van der Waals surface area (Å²) in [7, 11) is 0. The number of fused-ring (bicyclic) bond motifs is 1. The molecule has 1 saturated heterocycles. The quantitative estimate of drug-likeness (QED) is 0.340. The molecule has 2 aromatic heterocycles. The minimum Gasteiger partial charge on any atom is -0.465 e. The van der Waals surface area contributed by atoms with Gasteiger partial charge in [-0.05, 0) is 42.9 Å². The average molecular weight is 579 g/mol. The number of halogens is 2. The number of carboxylic acid groups (broad SMARTS) is 1.